The van der Waals surface area contributed by atoms with E-state index in [-0.39, 0.29) is 19.2 Å². The number of halogens is 3. The fraction of sp³-hybridized carbons (Fsp3) is 0.647. The third-order valence-electron chi connectivity index (χ3n) is 4.88. The molecule has 1 aromatic carbocycles. The molecule has 0 spiro atoms. The average Bonchev–Trinajstić information content (AvgIpc) is 2.61. The summed E-state index contributed by atoms with van der Waals surface area (Å²) in [6.07, 6.45) is -4.18. The van der Waals surface area contributed by atoms with E-state index in [1.807, 2.05) is 29.2 Å². The summed E-state index contributed by atoms with van der Waals surface area (Å²) in [5.41, 5.74) is 1.13. The number of anilines is 1. The molecule has 2 saturated heterocycles. The molecule has 0 N–H and O–H groups in total. The molecule has 0 bridgehead atoms. The second kappa shape index (κ2) is 7.19. The largest absolute Gasteiger partial charge is 0.497 e. The van der Waals surface area contributed by atoms with Crippen molar-refractivity contribution in [2.75, 3.05) is 44.8 Å². The number of rotatable bonds is 3. The standard InChI is InChI=1S/C17H23F3N2O2/c1-23-15-4-2-13(3-5-15)21-8-6-14(7-9-21)22-10-11-24-16(12-22)17(18,19)20/h2-5,14,16H,6-12H2,1H3/t16-/m0/s1. The van der Waals surface area contributed by atoms with Gasteiger partial charge < -0.3 is 14.4 Å². The SMILES string of the molecule is COc1ccc(N2CCC(N3CCO[C@H](C(F)(F)F)C3)CC2)cc1. The molecule has 1 aromatic rings. The summed E-state index contributed by atoms with van der Waals surface area (Å²) in [6, 6.07) is 8.10. The van der Waals surface area contributed by atoms with Crippen LogP contribution in [0.25, 0.3) is 0 Å². The summed E-state index contributed by atoms with van der Waals surface area (Å²) in [7, 11) is 1.64. The van der Waals surface area contributed by atoms with Crippen LogP contribution in [0.5, 0.6) is 5.75 Å². The Morgan fingerprint density at radius 1 is 1.08 bits per heavy atom. The molecule has 2 fully saturated rings. The van der Waals surface area contributed by atoms with Crippen molar-refractivity contribution in [2.45, 2.75) is 31.2 Å². The van der Waals surface area contributed by atoms with Gasteiger partial charge in [-0.3, -0.25) is 4.90 Å². The average molecular weight is 344 g/mol. The lowest BCUT2D eigenvalue weighted by Gasteiger charge is -2.43. The molecule has 1 atom stereocenters. The summed E-state index contributed by atoms with van der Waals surface area (Å²) in [5.74, 6) is 0.820. The summed E-state index contributed by atoms with van der Waals surface area (Å²) >= 11 is 0. The van der Waals surface area contributed by atoms with Crippen LogP contribution >= 0.6 is 0 Å². The molecule has 4 nitrogen and oxygen atoms in total. The van der Waals surface area contributed by atoms with Crippen molar-refractivity contribution in [3.8, 4) is 5.75 Å². The normalized spacial score (nSPS) is 24.2. The Morgan fingerprint density at radius 3 is 2.33 bits per heavy atom. The van der Waals surface area contributed by atoms with Crippen LogP contribution in [0, 0.1) is 0 Å². The van der Waals surface area contributed by atoms with Crippen LogP contribution in [0.2, 0.25) is 0 Å². The minimum Gasteiger partial charge on any atom is -0.497 e. The molecule has 3 rings (SSSR count). The maximum Gasteiger partial charge on any atom is 0.415 e. The van der Waals surface area contributed by atoms with Crippen LogP contribution in [-0.4, -0.2) is 63.1 Å². The molecular weight excluding hydrogens is 321 g/mol. The zero-order chi connectivity index (χ0) is 17.2. The van der Waals surface area contributed by atoms with Crippen LogP contribution in [0.15, 0.2) is 24.3 Å². The Bertz CT molecular complexity index is 528. The number of piperidine rings is 1. The number of morpholine rings is 1. The second-order valence-electron chi connectivity index (χ2n) is 6.31. The van der Waals surface area contributed by atoms with Crippen LogP contribution < -0.4 is 9.64 Å². The monoisotopic (exact) mass is 344 g/mol. The van der Waals surface area contributed by atoms with Crippen molar-refractivity contribution in [2.24, 2.45) is 0 Å². The first-order valence-corrected chi connectivity index (χ1v) is 8.29. The van der Waals surface area contributed by atoms with Gasteiger partial charge in [0.15, 0.2) is 6.10 Å². The van der Waals surface area contributed by atoms with E-state index < -0.39 is 12.3 Å². The molecule has 2 aliphatic rings. The molecule has 24 heavy (non-hydrogen) atoms. The van der Waals surface area contributed by atoms with Gasteiger partial charge in [0, 0.05) is 37.9 Å². The number of benzene rings is 1. The van der Waals surface area contributed by atoms with Crippen molar-refractivity contribution in [1.82, 2.24) is 4.90 Å². The number of ether oxygens (including phenoxy) is 2. The molecule has 134 valence electrons. The molecule has 0 radical (unpaired) electrons. The van der Waals surface area contributed by atoms with Gasteiger partial charge in [-0.2, -0.15) is 13.2 Å². The number of alkyl halides is 3. The zero-order valence-electron chi connectivity index (χ0n) is 13.8. The lowest BCUT2D eigenvalue weighted by molar-refractivity contribution is -0.239. The summed E-state index contributed by atoms with van der Waals surface area (Å²) in [6.45, 7) is 2.40. The third kappa shape index (κ3) is 3.95. The fourth-order valence-corrected chi connectivity index (χ4v) is 3.48. The Balaban J connectivity index is 1.54. The smallest absolute Gasteiger partial charge is 0.415 e. The van der Waals surface area contributed by atoms with Gasteiger partial charge in [0.1, 0.15) is 5.75 Å². The van der Waals surface area contributed by atoms with Gasteiger partial charge in [-0.05, 0) is 37.1 Å². The quantitative estimate of drug-likeness (QED) is 0.842. The molecule has 2 heterocycles. The molecule has 2 aliphatic heterocycles. The molecule has 7 heteroatoms. The summed E-state index contributed by atoms with van der Waals surface area (Å²) in [5, 5.41) is 0. The number of hydrogen-bond donors (Lipinski definition) is 0. The predicted octanol–water partition coefficient (Wildman–Crippen LogP) is 2.93. The van der Waals surface area contributed by atoms with E-state index in [0.717, 1.165) is 37.4 Å². The van der Waals surface area contributed by atoms with Gasteiger partial charge in [0.25, 0.3) is 0 Å². The Labute approximate surface area is 140 Å². The molecule has 0 aromatic heterocycles. The highest BCUT2D eigenvalue weighted by molar-refractivity contribution is 5.49. The van der Waals surface area contributed by atoms with Crippen molar-refractivity contribution < 1.29 is 22.6 Å². The highest BCUT2D eigenvalue weighted by Crippen LogP contribution is 2.29. The fourth-order valence-electron chi connectivity index (χ4n) is 3.48. The van der Waals surface area contributed by atoms with E-state index in [9.17, 15) is 13.2 Å². The maximum absolute atomic E-state index is 12.9. The second-order valence-corrected chi connectivity index (χ2v) is 6.31. The zero-order valence-corrected chi connectivity index (χ0v) is 13.8. The Morgan fingerprint density at radius 2 is 1.75 bits per heavy atom. The lowest BCUT2D eigenvalue weighted by atomic mass is 10.0. The van der Waals surface area contributed by atoms with Gasteiger partial charge in [0.2, 0.25) is 0 Å². The highest BCUT2D eigenvalue weighted by Gasteiger charge is 2.44. The van der Waals surface area contributed by atoms with Crippen LogP contribution in [0.1, 0.15) is 12.8 Å². The van der Waals surface area contributed by atoms with Crippen LogP contribution in [0.3, 0.4) is 0 Å². The molecule has 0 unspecified atom stereocenters. The predicted molar refractivity (Wildman–Crippen MR) is 85.6 cm³/mol. The minimum absolute atomic E-state index is 0.0449. The topological polar surface area (TPSA) is 24.9 Å². The first kappa shape index (κ1) is 17.4. The molecule has 0 saturated carbocycles. The van der Waals surface area contributed by atoms with E-state index in [0.29, 0.717) is 6.54 Å². The van der Waals surface area contributed by atoms with Crippen molar-refractivity contribution in [3.63, 3.8) is 0 Å². The molecular formula is C17H23F3N2O2. The van der Waals surface area contributed by atoms with Crippen LogP contribution in [0.4, 0.5) is 18.9 Å². The van der Waals surface area contributed by atoms with Crippen LogP contribution in [-0.2, 0) is 4.74 Å². The number of hydrogen-bond acceptors (Lipinski definition) is 4. The third-order valence-corrected chi connectivity index (χ3v) is 4.88. The van der Waals surface area contributed by atoms with Gasteiger partial charge >= 0.3 is 6.18 Å². The number of nitrogens with zero attached hydrogens (tertiary/aromatic N) is 2. The number of methoxy groups -OCH3 is 1. The first-order valence-electron chi connectivity index (χ1n) is 8.29. The Hall–Kier alpha value is -1.47. The molecule has 0 amide bonds. The highest BCUT2D eigenvalue weighted by atomic mass is 19.4. The van der Waals surface area contributed by atoms with Gasteiger partial charge in [0.05, 0.1) is 13.7 Å². The van der Waals surface area contributed by atoms with Crippen molar-refractivity contribution >= 4 is 5.69 Å². The van der Waals surface area contributed by atoms with E-state index in [1.54, 1.807) is 7.11 Å². The maximum atomic E-state index is 12.9. The first-order chi connectivity index (χ1) is 11.5. The molecule has 0 aliphatic carbocycles. The lowest BCUT2D eigenvalue weighted by Crippen LogP contribution is -2.54. The van der Waals surface area contributed by atoms with E-state index >= 15 is 0 Å². The van der Waals surface area contributed by atoms with Gasteiger partial charge in [-0.15, -0.1) is 0 Å². The van der Waals surface area contributed by atoms with Gasteiger partial charge in [-0.1, -0.05) is 0 Å². The Kier molecular flexibility index (Phi) is 5.20. The minimum atomic E-state index is -4.28. The van der Waals surface area contributed by atoms with Crippen molar-refractivity contribution in [3.05, 3.63) is 24.3 Å². The summed E-state index contributed by atoms with van der Waals surface area (Å²) < 4.78 is 48.6. The van der Waals surface area contributed by atoms with E-state index in [1.165, 1.54) is 0 Å². The summed E-state index contributed by atoms with van der Waals surface area (Å²) in [4.78, 5) is 4.23. The van der Waals surface area contributed by atoms with E-state index in [2.05, 4.69) is 4.90 Å². The van der Waals surface area contributed by atoms with Crippen molar-refractivity contribution in [1.29, 1.82) is 0 Å². The van der Waals surface area contributed by atoms with Gasteiger partial charge in [-0.25, -0.2) is 0 Å². The van der Waals surface area contributed by atoms with E-state index in [4.69, 9.17) is 9.47 Å².